The molecule has 2 aromatic rings. The van der Waals surface area contributed by atoms with Gasteiger partial charge in [0, 0.05) is 0 Å². The van der Waals surface area contributed by atoms with Gasteiger partial charge in [-0.05, 0) is 46.3 Å². The maximum atomic E-state index is 13.3. The van der Waals surface area contributed by atoms with Gasteiger partial charge in [0.1, 0.15) is 17.4 Å². The molecule has 0 saturated heterocycles. The van der Waals surface area contributed by atoms with E-state index in [9.17, 15) is 13.6 Å². The fourth-order valence-electron chi connectivity index (χ4n) is 1.46. The van der Waals surface area contributed by atoms with Crippen LogP contribution < -0.4 is 10.1 Å². The second-order valence-corrected chi connectivity index (χ2v) is 4.75. The lowest BCUT2D eigenvalue weighted by atomic mass is 10.3. The van der Waals surface area contributed by atoms with E-state index in [0.29, 0.717) is 5.75 Å². The minimum Gasteiger partial charge on any atom is -0.484 e. The number of carbonyl (C=O) groups excluding carboxylic acids is 1. The monoisotopic (exact) mass is 341 g/mol. The third-order valence-corrected chi connectivity index (χ3v) is 3.02. The maximum Gasteiger partial charge on any atom is 0.262 e. The Kier molecular flexibility index (Phi) is 4.68. The molecule has 0 saturated carbocycles. The van der Waals surface area contributed by atoms with Crippen LogP contribution in [0.15, 0.2) is 46.9 Å². The van der Waals surface area contributed by atoms with Gasteiger partial charge in [-0.15, -0.1) is 0 Å². The Bertz CT molecular complexity index is 634. The molecular weight excluding hydrogens is 332 g/mol. The Labute approximate surface area is 122 Å². The molecule has 3 nitrogen and oxygen atoms in total. The van der Waals surface area contributed by atoms with Crippen molar-refractivity contribution in [1.29, 1.82) is 0 Å². The Morgan fingerprint density at radius 3 is 2.60 bits per heavy atom. The number of carbonyl (C=O) groups is 1. The third-order valence-electron chi connectivity index (χ3n) is 2.41. The molecule has 104 valence electrons. The van der Waals surface area contributed by atoms with Crippen LogP contribution in [0.4, 0.5) is 14.5 Å². The minimum atomic E-state index is -0.523. The zero-order valence-corrected chi connectivity index (χ0v) is 11.8. The predicted octanol–water partition coefficient (Wildman–Crippen LogP) is 3.74. The summed E-state index contributed by atoms with van der Waals surface area (Å²) < 4.78 is 31.7. The molecule has 0 aliphatic heterocycles. The van der Waals surface area contributed by atoms with E-state index in [4.69, 9.17) is 4.74 Å². The Morgan fingerprint density at radius 1 is 1.15 bits per heavy atom. The SMILES string of the molecule is O=C(COc1ccc(F)c(Br)c1)Nc1ccccc1F. The molecule has 6 heteroatoms. The molecule has 0 spiro atoms. The highest BCUT2D eigenvalue weighted by molar-refractivity contribution is 9.10. The molecule has 0 unspecified atom stereocenters. The molecular formula is C14H10BrF2NO2. The van der Waals surface area contributed by atoms with Crippen molar-refractivity contribution in [3.8, 4) is 5.75 Å². The van der Waals surface area contributed by atoms with Gasteiger partial charge in [-0.2, -0.15) is 0 Å². The summed E-state index contributed by atoms with van der Waals surface area (Å²) in [4.78, 5) is 11.6. The van der Waals surface area contributed by atoms with Crippen molar-refractivity contribution < 1.29 is 18.3 Å². The number of anilines is 1. The first-order chi connectivity index (χ1) is 9.56. The second kappa shape index (κ2) is 6.47. The lowest BCUT2D eigenvalue weighted by Gasteiger charge is -2.08. The predicted molar refractivity (Wildman–Crippen MR) is 74.6 cm³/mol. The Balaban J connectivity index is 1.92. The summed E-state index contributed by atoms with van der Waals surface area (Å²) in [6, 6.07) is 9.85. The molecule has 0 heterocycles. The first kappa shape index (κ1) is 14.5. The molecule has 0 aromatic heterocycles. The summed E-state index contributed by atoms with van der Waals surface area (Å²) in [5, 5.41) is 2.38. The van der Waals surface area contributed by atoms with E-state index in [1.807, 2.05) is 0 Å². The number of rotatable bonds is 4. The molecule has 0 atom stereocenters. The molecule has 2 aromatic carbocycles. The molecule has 1 N–H and O–H groups in total. The van der Waals surface area contributed by atoms with Gasteiger partial charge in [-0.3, -0.25) is 4.79 Å². The summed E-state index contributed by atoms with van der Waals surface area (Å²) in [5.41, 5.74) is 0.0846. The van der Waals surface area contributed by atoms with Crippen LogP contribution >= 0.6 is 15.9 Å². The molecule has 1 amide bonds. The van der Waals surface area contributed by atoms with E-state index in [0.717, 1.165) is 0 Å². The average Bonchev–Trinajstić information content (AvgIpc) is 2.43. The fourth-order valence-corrected chi connectivity index (χ4v) is 1.82. The summed E-state index contributed by atoms with van der Waals surface area (Å²) in [6.45, 7) is -0.299. The minimum absolute atomic E-state index is 0.0846. The standard InChI is InChI=1S/C14H10BrF2NO2/c15-10-7-9(5-6-11(10)16)20-8-14(19)18-13-4-2-1-3-12(13)17/h1-7H,8H2,(H,18,19). The normalized spacial score (nSPS) is 10.2. The molecule has 20 heavy (non-hydrogen) atoms. The lowest BCUT2D eigenvalue weighted by molar-refractivity contribution is -0.118. The molecule has 0 bridgehead atoms. The van der Waals surface area contributed by atoms with Gasteiger partial charge in [0.15, 0.2) is 6.61 Å². The van der Waals surface area contributed by atoms with E-state index < -0.39 is 17.5 Å². The summed E-state index contributed by atoms with van der Waals surface area (Å²) in [5.74, 6) is -1.11. The smallest absolute Gasteiger partial charge is 0.262 e. The molecule has 2 rings (SSSR count). The third kappa shape index (κ3) is 3.77. The zero-order valence-electron chi connectivity index (χ0n) is 10.2. The van der Waals surface area contributed by atoms with E-state index >= 15 is 0 Å². The summed E-state index contributed by atoms with van der Waals surface area (Å²) in [6.07, 6.45) is 0. The van der Waals surface area contributed by atoms with Crippen LogP contribution in [0.3, 0.4) is 0 Å². The van der Waals surface area contributed by atoms with Gasteiger partial charge in [0.05, 0.1) is 10.2 Å². The van der Waals surface area contributed by atoms with Crippen molar-refractivity contribution in [2.45, 2.75) is 0 Å². The number of halogens is 3. The first-order valence-electron chi connectivity index (χ1n) is 5.68. The average molecular weight is 342 g/mol. The quantitative estimate of drug-likeness (QED) is 0.919. The van der Waals surface area contributed by atoms with Crippen molar-refractivity contribution >= 4 is 27.5 Å². The number of benzene rings is 2. The van der Waals surface area contributed by atoms with Gasteiger partial charge in [-0.25, -0.2) is 8.78 Å². The van der Waals surface area contributed by atoms with Crippen LogP contribution in [-0.2, 0) is 4.79 Å². The van der Waals surface area contributed by atoms with Crippen LogP contribution in [0.1, 0.15) is 0 Å². The summed E-state index contributed by atoms with van der Waals surface area (Å²) >= 11 is 3.01. The number of para-hydroxylation sites is 1. The molecule has 0 fully saturated rings. The van der Waals surface area contributed by atoms with E-state index in [-0.39, 0.29) is 16.8 Å². The zero-order chi connectivity index (χ0) is 14.5. The highest BCUT2D eigenvalue weighted by Crippen LogP contribution is 2.21. The van der Waals surface area contributed by atoms with Crippen molar-refractivity contribution in [2.75, 3.05) is 11.9 Å². The van der Waals surface area contributed by atoms with Crippen LogP contribution in [0.25, 0.3) is 0 Å². The highest BCUT2D eigenvalue weighted by atomic mass is 79.9. The topological polar surface area (TPSA) is 38.3 Å². The van der Waals surface area contributed by atoms with Crippen molar-refractivity contribution in [3.05, 3.63) is 58.6 Å². The van der Waals surface area contributed by atoms with Crippen LogP contribution in [-0.4, -0.2) is 12.5 Å². The largest absolute Gasteiger partial charge is 0.484 e. The van der Waals surface area contributed by atoms with Gasteiger partial charge in [0.25, 0.3) is 5.91 Å². The first-order valence-corrected chi connectivity index (χ1v) is 6.48. The summed E-state index contributed by atoms with van der Waals surface area (Å²) in [7, 11) is 0. The van der Waals surface area contributed by atoms with E-state index in [1.54, 1.807) is 6.07 Å². The maximum absolute atomic E-state index is 13.3. The Morgan fingerprint density at radius 2 is 1.90 bits per heavy atom. The van der Waals surface area contributed by atoms with E-state index in [2.05, 4.69) is 21.2 Å². The van der Waals surface area contributed by atoms with Crippen LogP contribution in [0, 0.1) is 11.6 Å². The molecule has 0 aliphatic carbocycles. The molecule has 0 radical (unpaired) electrons. The molecule has 0 aliphatic rings. The number of hydrogen-bond acceptors (Lipinski definition) is 2. The van der Waals surface area contributed by atoms with Gasteiger partial charge >= 0.3 is 0 Å². The van der Waals surface area contributed by atoms with Gasteiger partial charge < -0.3 is 10.1 Å². The van der Waals surface area contributed by atoms with Gasteiger partial charge in [-0.1, -0.05) is 12.1 Å². The van der Waals surface area contributed by atoms with E-state index in [1.165, 1.54) is 36.4 Å². The number of amides is 1. The number of hydrogen-bond donors (Lipinski definition) is 1. The van der Waals surface area contributed by atoms with Crippen molar-refractivity contribution in [2.24, 2.45) is 0 Å². The van der Waals surface area contributed by atoms with Gasteiger partial charge in [0.2, 0.25) is 0 Å². The highest BCUT2D eigenvalue weighted by Gasteiger charge is 2.08. The van der Waals surface area contributed by atoms with Crippen LogP contribution in [0.5, 0.6) is 5.75 Å². The second-order valence-electron chi connectivity index (χ2n) is 3.89. The van der Waals surface area contributed by atoms with Crippen LogP contribution in [0.2, 0.25) is 0 Å². The van der Waals surface area contributed by atoms with Crippen molar-refractivity contribution in [3.63, 3.8) is 0 Å². The fraction of sp³-hybridized carbons (Fsp3) is 0.0714. The van der Waals surface area contributed by atoms with Crippen molar-refractivity contribution in [1.82, 2.24) is 0 Å². The lowest BCUT2D eigenvalue weighted by Crippen LogP contribution is -2.20. The number of ether oxygens (including phenoxy) is 1. The number of nitrogens with one attached hydrogen (secondary N) is 1. The Hall–Kier alpha value is -1.95.